The number of methoxy groups -OCH3 is 2. The molecule has 2 N–H and O–H groups in total. The van der Waals surface area contributed by atoms with E-state index in [2.05, 4.69) is 0 Å². The lowest BCUT2D eigenvalue weighted by Crippen LogP contribution is -2.41. The first-order valence-electron chi connectivity index (χ1n) is 8.27. The van der Waals surface area contributed by atoms with E-state index in [1.807, 2.05) is 30.3 Å². The number of carbonyl (C=O) groups excluding carboxylic acids is 2. The largest absolute Gasteiger partial charge is 0.497 e. The average Bonchev–Trinajstić information content (AvgIpc) is 2.66. The average molecular weight is 356 g/mol. The summed E-state index contributed by atoms with van der Waals surface area (Å²) in [6.45, 7) is 0. The zero-order valence-electron chi connectivity index (χ0n) is 15.3. The summed E-state index contributed by atoms with van der Waals surface area (Å²) < 4.78 is 10.4. The standard InChI is InChI=1S/C20H24N2O4/c1-22(16(12-19(21)23)9-14-7-5-4-6-8-14)20(24)15-10-17(25-2)13-18(11-15)26-3/h4-8,10-11,13,16H,9,12H2,1-3H3,(H2,21,23). The van der Waals surface area contributed by atoms with Gasteiger partial charge in [-0.3, -0.25) is 9.59 Å². The van der Waals surface area contributed by atoms with Crippen molar-refractivity contribution in [1.82, 2.24) is 4.90 Å². The number of hydrogen-bond acceptors (Lipinski definition) is 4. The Balaban J connectivity index is 2.27. The fraction of sp³-hybridized carbons (Fsp3) is 0.300. The summed E-state index contributed by atoms with van der Waals surface area (Å²) in [6, 6.07) is 14.3. The maximum Gasteiger partial charge on any atom is 0.254 e. The number of likely N-dealkylation sites (N-methyl/N-ethyl adjacent to an activating group) is 1. The molecule has 0 aliphatic rings. The second-order valence-electron chi connectivity index (χ2n) is 6.03. The molecule has 6 heteroatoms. The van der Waals surface area contributed by atoms with Crippen LogP contribution < -0.4 is 15.2 Å². The van der Waals surface area contributed by atoms with Gasteiger partial charge in [0.25, 0.3) is 5.91 Å². The van der Waals surface area contributed by atoms with Crippen molar-refractivity contribution in [3.63, 3.8) is 0 Å². The number of nitrogens with two attached hydrogens (primary N) is 1. The normalized spacial score (nSPS) is 11.5. The lowest BCUT2D eigenvalue weighted by molar-refractivity contribution is -0.118. The number of primary amides is 1. The Hall–Kier alpha value is -3.02. The third kappa shape index (κ3) is 4.99. The van der Waals surface area contributed by atoms with Crippen LogP contribution in [-0.2, 0) is 11.2 Å². The molecule has 0 aliphatic heterocycles. The van der Waals surface area contributed by atoms with E-state index in [1.54, 1.807) is 30.1 Å². The van der Waals surface area contributed by atoms with Crippen LogP contribution in [0.2, 0.25) is 0 Å². The highest BCUT2D eigenvalue weighted by molar-refractivity contribution is 5.95. The highest BCUT2D eigenvalue weighted by atomic mass is 16.5. The molecule has 6 nitrogen and oxygen atoms in total. The molecule has 138 valence electrons. The fourth-order valence-electron chi connectivity index (χ4n) is 2.76. The van der Waals surface area contributed by atoms with Crippen LogP contribution in [0.5, 0.6) is 11.5 Å². The molecule has 0 fully saturated rings. The van der Waals surface area contributed by atoms with Crippen molar-refractivity contribution in [2.45, 2.75) is 18.9 Å². The zero-order valence-corrected chi connectivity index (χ0v) is 15.3. The molecule has 2 aromatic carbocycles. The van der Waals surface area contributed by atoms with Gasteiger partial charge in [-0.2, -0.15) is 0 Å². The topological polar surface area (TPSA) is 81.9 Å². The van der Waals surface area contributed by atoms with Gasteiger partial charge in [0.15, 0.2) is 0 Å². The second kappa shape index (κ2) is 8.89. The number of nitrogens with zero attached hydrogens (tertiary/aromatic N) is 1. The first-order chi connectivity index (χ1) is 12.4. The van der Waals surface area contributed by atoms with Gasteiger partial charge in [0.2, 0.25) is 5.91 Å². The van der Waals surface area contributed by atoms with Gasteiger partial charge in [-0.1, -0.05) is 30.3 Å². The van der Waals surface area contributed by atoms with E-state index >= 15 is 0 Å². The van der Waals surface area contributed by atoms with E-state index in [1.165, 1.54) is 14.2 Å². The molecule has 0 radical (unpaired) electrons. The SMILES string of the molecule is COc1cc(OC)cc(C(=O)N(C)C(CC(N)=O)Cc2ccccc2)c1. The third-order valence-corrected chi connectivity index (χ3v) is 4.22. The van der Waals surface area contributed by atoms with Gasteiger partial charge in [-0.05, 0) is 24.1 Å². The molecule has 2 amide bonds. The first-order valence-corrected chi connectivity index (χ1v) is 8.27. The highest BCUT2D eigenvalue weighted by Gasteiger charge is 2.24. The minimum Gasteiger partial charge on any atom is -0.497 e. The predicted molar refractivity (Wildman–Crippen MR) is 99.4 cm³/mol. The lowest BCUT2D eigenvalue weighted by Gasteiger charge is -2.28. The van der Waals surface area contributed by atoms with Crippen molar-refractivity contribution < 1.29 is 19.1 Å². The number of carbonyl (C=O) groups is 2. The van der Waals surface area contributed by atoms with Crippen molar-refractivity contribution in [2.75, 3.05) is 21.3 Å². The van der Waals surface area contributed by atoms with E-state index in [0.29, 0.717) is 23.5 Å². The number of benzene rings is 2. The molecular weight excluding hydrogens is 332 g/mol. The molecule has 26 heavy (non-hydrogen) atoms. The summed E-state index contributed by atoms with van der Waals surface area (Å²) in [5, 5.41) is 0. The molecule has 0 bridgehead atoms. The van der Waals surface area contributed by atoms with Crippen LogP contribution >= 0.6 is 0 Å². The van der Waals surface area contributed by atoms with Gasteiger partial charge in [0.1, 0.15) is 11.5 Å². The molecule has 0 saturated carbocycles. The van der Waals surface area contributed by atoms with Crippen molar-refractivity contribution in [3.8, 4) is 11.5 Å². The maximum absolute atomic E-state index is 13.0. The summed E-state index contributed by atoms with van der Waals surface area (Å²) >= 11 is 0. The summed E-state index contributed by atoms with van der Waals surface area (Å²) in [7, 11) is 4.72. The number of hydrogen-bond donors (Lipinski definition) is 1. The van der Waals surface area contributed by atoms with Gasteiger partial charge in [-0.25, -0.2) is 0 Å². The number of ether oxygens (including phenoxy) is 2. The van der Waals surface area contributed by atoms with Crippen LogP contribution in [-0.4, -0.2) is 44.0 Å². The van der Waals surface area contributed by atoms with Gasteiger partial charge in [0.05, 0.1) is 14.2 Å². The Bertz CT molecular complexity index is 739. The van der Waals surface area contributed by atoms with Crippen molar-refractivity contribution in [2.24, 2.45) is 5.73 Å². The predicted octanol–water partition coefficient (Wildman–Crippen LogP) is 2.26. The molecule has 2 rings (SSSR count). The van der Waals surface area contributed by atoms with Crippen LogP contribution in [0.25, 0.3) is 0 Å². The Labute approximate surface area is 153 Å². The smallest absolute Gasteiger partial charge is 0.254 e. The lowest BCUT2D eigenvalue weighted by atomic mass is 10.0. The molecule has 0 heterocycles. The van der Waals surface area contributed by atoms with E-state index in [4.69, 9.17) is 15.2 Å². The first kappa shape index (κ1) is 19.3. The van der Waals surface area contributed by atoms with E-state index in [9.17, 15) is 9.59 Å². The molecule has 0 saturated heterocycles. The van der Waals surface area contributed by atoms with Crippen molar-refractivity contribution >= 4 is 11.8 Å². The Morgan fingerprint density at radius 3 is 2.12 bits per heavy atom. The molecule has 0 aliphatic carbocycles. The highest BCUT2D eigenvalue weighted by Crippen LogP contribution is 2.24. The van der Waals surface area contributed by atoms with Crippen LogP contribution in [0.4, 0.5) is 0 Å². The maximum atomic E-state index is 13.0. The van der Waals surface area contributed by atoms with Gasteiger partial charge in [0, 0.05) is 31.1 Å². The summed E-state index contributed by atoms with van der Waals surface area (Å²) in [5.41, 5.74) is 6.85. The quantitative estimate of drug-likeness (QED) is 0.787. The number of amides is 2. The number of rotatable bonds is 8. The van der Waals surface area contributed by atoms with Gasteiger partial charge >= 0.3 is 0 Å². The second-order valence-corrected chi connectivity index (χ2v) is 6.03. The summed E-state index contributed by atoms with van der Waals surface area (Å²) in [4.78, 5) is 26.0. The molecule has 2 aromatic rings. The molecular formula is C20H24N2O4. The van der Waals surface area contributed by atoms with Gasteiger partial charge < -0.3 is 20.1 Å². The van der Waals surface area contributed by atoms with E-state index in [0.717, 1.165) is 5.56 Å². The van der Waals surface area contributed by atoms with E-state index < -0.39 is 5.91 Å². The zero-order chi connectivity index (χ0) is 19.1. The monoisotopic (exact) mass is 356 g/mol. The minimum absolute atomic E-state index is 0.0816. The van der Waals surface area contributed by atoms with Crippen LogP contribution in [0, 0.1) is 0 Å². The Morgan fingerprint density at radius 2 is 1.62 bits per heavy atom. The molecule has 1 unspecified atom stereocenters. The summed E-state index contributed by atoms with van der Waals surface area (Å²) in [5.74, 6) is 0.365. The third-order valence-electron chi connectivity index (χ3n) is 4.22. The van der Waals surface area contributed by atoms with Crippen molar-refractivity contribution in [3.05, 3.63) is 59.7 Å². The van der Waals surface area contributed by atoms with E-state index in [-0.39, 0.29) is 18.4 Å². The van der Waals surface area contributed by atoms with Crippen molar-refractivity contribution in [1.29, 1.82) is 0 Å². The Kier molecular flexibility index (Phi) is 6.60. The molecule has 0 spiro atoms. The van der Waals surface area contributed by atoms with Gasteiger partial charge in [-0.15, -0.1) is 0 Å². The molecule has 0 aromatic heterocycles. The minimum atomic E-state index is -0.450. The van der Waals surface area contributed by atoms with Crippen LogP contribution in [0.3, 0.4) is 0 Å². The van der Waals surface area contributed by atoms with Crippen LogP contribution in [0.15, 0.2) is 48.5 Å². The van der Waals surface area contributed by atoms with Crippen LogP contribution in [0.1, 0.15) is 22.3 Å². The molecule has 1 atom stereocenters. The Morgan fingerprint density at radius 1 is 1.04 bits per heavy atom. The fourth-order valence-corrected chi connectivity index (χ4v) is 2.76. The summed E-state index contributed by atoms with van der Waals surface area (Å²) in [6.07, 6.45) is 0.616.